The summed E-state index contributed by atoms with van der Waals surface area (Å²) in [6, 6.07) is 4.39. The number of hydrogen-bond acceptors (Lipinski definition) is 8. The van der Waals surface area contributed by atoms with E-state index in [-0.39, 0.29) is 18.1 Å². The van der Waals surface area contributed by atoms with Crippen molar-refractivity contribution in [3.05, 3.63) is 40.9 Å². The first-order valence-electron chi connectivity index (χ1n) is 7.43. The second kappa shape index (κ2) is 7.28. The summed E-state index contributed by atoms with van der Waals surface area (Å²) in [6.07, 6.45) is 0.780. The number of hydrogen-bond donors (Lipinski definition) is 4. The molecule has 0 fully saturated rings. The maximum atomic E-state index is 12.5. The number of hydrazine groups is 1. The van der Waals surface area contributed by atoms with E-state index in [0.29, 0.717) is 16.4 Å². The minimum atomic E-state index is -0.836. The Labute approximate surface area is 146 Å². The van der Waals surface area contributed by atoms with Crippen LogP contribution in [0.2, 0.25) is 0 Å². The molecule has 0 aliphatic carbocycles. The number of carbonyl (C=O) groups is 3. The highest BCUT2D eigenvalue weighted by Crippen LogP contribution is 2.29. The number of imide groups is 1. The number of alkyl carbamates (subject to hydrolysis) is 1. The monoisotopic (exact) mass is 361 g/mol. The van der Waals surface area contributed by atoms with Crippen molar-refractivity contribution in [3.8, 4) is 0 Å². The van der Waals surface area contributed by atoms with Gasteiger partial charge in [0.15, 0.2) is 0 Å². The van der Waals surface area contributed by atoms with Gasteiger partial charge in [0.05, 0.1) is 12.2 Å². The fourth-order valence-electron chi connectivity index (χ4n) is 2.28. The zero-order chi connectivity index (χ0) is 17.8. The van der Waals surface area contributed by atoms with E-state index in [1.54, 1.807) is 30.6 Å². The van der Waals surface area contributed by atoms with Crippen molar-refractivity contribution in [1.82, 2.24) is 15.7 Å². The van der Waals surface area contributed by atoms with Gasteiger partial charge in [0.2, 0.25) is 5.91 Å². The molecule has 0 saturated carbocycles. The van der Waals surface area contributed by atoms with Crippen LogP contribution in [0.25, 0.3) is 0 Å². The SMILES string of the molecule is CCOC(=O)NC(=O)c1ccsc1NC(=O)C1NNc2ncccc21. The van der Waals surface area contributed by atoms with Crippen molar-refractivity contribution in [1.29, 1.82) is 0 Å². The molecule has 4 N–H and O–H groups in total. The van der Waals surface area contributed by atoms with Gasteiger partial charge < -0.3 is 15.5 Å². The second-order valence-electron chi connectivity index (χ2n) is 4.97. The maximum absolute atomic E-state index is 12.5. The number of ether oxygens (including phenoxy) is 1. The number of carbonyl (C=O) groups excluding carboxylic acids is 3. The lowest BCUT2D eigenvalue weighted by molar-refractivity contribution is -0.118. The van der Waals surface area contributed by atoms with Crippen LogP contribution in [0.5, 0.6) is 0 Å². The van der Waals surface area contributed by atoms with Gasteiger partial charge in [-0.3, -0.25) is 14.9 Å². The molecule has 1 atom stereocenters. The van der Waals surface area contributed by atoms with Gasteiger partial charge in [0.1, 0.15) is 16.9 Å². The summed E-state index contributed by atoms with van der Waals surface area (Å²) >= 11 is 1.18. The Morgan fingerprint density at radius 3 is 3.00 bits per heavy atom. The number of nitrogens with zero attached hydrogens (tertiary/aromatic N) is 1. The second-order valence-corrected chi connectivity index (χ2v) is 5.89. The van der Waals surface area contributed by atoms with Crippen LogP contribution in [0.4, 0.5) is 15.6 Å². The fraction of sp³-hybridized carbons (Fsp3) is 0.200. The van der Waals surface area contributed by atoms with Gasteiger partial charge in [-0.1, -0.05) is 6.07 Å². The minimum absolute atomic E-state index is 0.153. The summed E-state index contributed by atoms with van der Waals surface area (Å²) in [5.74, 6) is -0.421. The van der Waals surface area contributed by atoms with Crippen LogP contribution < -0.4 is 21.5 Å². The van der Waals surface area contributed by atoms with E-state index in [4.69, 9.17) is 0 Å². The molecule has 0 bridgehead atoms. The average Bonchev–Trinajstić information content (AvgIpc) is 3.21. The largest absolute Gasteiger partial charge is 0.450 e. The molecule has 0 saturated heterocycles. The molecule has 130 valence electrons. The van der Waals surface area contributed by atoms with E-state index in [0.717, 1.165) is 0 Å². The molecule has 3 heterocycles. The van der Waals surface area contributed by atoms with Crippen LogP contribution in [0.1, 0.15) is 28.9 Å². The highest BCUT2D eigenvalue weighted by Gasteiger charge is 2.30. The Balaban J connectivity index is 1.70. The van der Waals surface area contributed by atoms with Crippen LogP contribution in [-0.2, 0) is 9.53 Å². The first-order chi connectivity index (χ1) is 12.1. The van der Waals surface area contributed by atoms with Crippen molar-refractivity contribution < 1.29 is 19.1 Å². The Hall–Kier alpha value is -2.98. The Kier molecular flexibility index (Phi) is 4.91. The van der Waals surface area contributed by atoms with Gasteiger partial charge in [0.25, 0.3) is 5.91 Å². The lowest BCUT2D eigenvalue weighted by atomic mass is 10.1. The molecule has 2 aromatic rings. The first kappa shape index (κ1) is 16.9. The molecule has 0 aromatic carbocycles. The molecule has 1 unspecified atom stereocenters. The number of aromatic nitrogens is 1. The molecule has 1 aliphatic heterocycles. The zero-order valence-corrected chi connectivity index (χ0v) is 14.0. The summed E-state index contributed by atoms with van der Waals surface area (Å²) < 4.78 is 4.67. The molecule has 9 nitrogen and oxygen atoms in total. The van der Waals surface area contributed by atoms with E-state index in [2.05, 4.69) is 31.2 Å². The van der Waals surface area contributed by atoms with Crippen molar-refractivity contribution in [2.24, 2.45) is 0 Å². The summed E-state index contributed by atoms with van der Waals surface area (Å²) in [4.78, 5) is 40.1. The van der Waals surface area contributed by atoms with Crippen molar-refractivity contribution in [2.45, 2.75) is 13.0 Å². The van der Waals surface area contributed by atoms with Gasteiger partial charge in [-0.05, 0) is 24.4 Å². The molecule has 2 aromatic heterocycles. The summed E-state index contributed by atoms with van der Waals surface area (Å²) in [6.45, 7) is 1.79. The molecule has 3 rings (SSSR count). The third-order valence-corrected chi connectivity index (χ3v) is 4.21. The summed E-state index contributed by atoms with van der Waals surface area (Å²) in [5, 5.41) is 6.78. The van der Waals surface area contributed by atoms with Crippen LogP contribution in [0, 0.1) is 0 Å². The normalized spacial score (nSPS) is 15.0. The molecule has 1 aliphatic rings. The first-order valence-corrected chi connectivity index (χ1v) is 8.31. The molecule has 0 spiro atoms. The predicted octanol–water partition coefficient (Wildman–Crippen LogP) is 1.64. The van der Waals surface area contributed by atoms with Crippen LogP contribution in [0.15, 0.2) is 29.8 Å². The number of pyridine rings is 1. The van der Waals surface area contributed by atoms with Gasteiger partial charge >= 0.3 is 6.09 Å². The zero-order valence-electron chi connectivity index (χ0n) is 13.2. The predicted molar refractivity (Wildman–Crippen MR) is 91.2 cm³/mol. The lowest BCUT2D eigenvalue weighted by Gasteiger charge is -2.11. The van der Waals surface area contributed by atoms with E-state index in [1.807, 2.05) is 0 Å². The summed E-state index contributed by atoms with van der Waals surface area (Å²) in [7, 11) is 0. The van der Waals surface area contributed by atoms with Gasteiger partial charge in [-0.15, -0.1) is 11.3 Å². The fourth-order valence-corrected chi connectivity index (χ4v) is 3.06. The van der Waals surface area contributed by atoms with Crippen molar-refractivity contribution >= 4 is 40.1 Å². The smallest absolute Gasteiger partial charge is 0.414 e. The topological polar surface area (TPSA) is 121 Å². The highest BCUT2D eigenvalue weighted by molar-refractivity contribution is 7.14. The summed E-state index contributed by atoms with van der Waals surface area (Å²) in [5.41, 5.74) is 6.55. The van der Waals surface area contributed by atoms with Crippen molar-refractivity contribution in [3.63, 3.8) is 0 Å². The Morgan fingerprint density at radius 1 is 1.36 bits per heavy atom. The molecular formula is C15H15N5O4S. The third-order valence-electron chi connectivity index (χ3n) is 3.38. The molecule has 10 heteroatoms. The Morgan fingerprint density at radius 2 is 2.20 bits per heavy atom. The number of anilines is 2. The standard InChI is InChI=1S/C15H15N5O4S/c1-2-24-15(23)18-12(21)9-5-7-25-14(9)17-13(22)10-8-4-3-6-16-11(8)20-19-10/h3-7,10,19H,2H2,1H3,(H,16,20)(H,17,22)(H,18,21,23). The molecule has 3 amide bonds. The Bertz CT molecular complexity index is 822. The van der Waals surface area contributed by atoms with Crippen LogP contribution in [0.3, 0.4) is 0 Å². The van der Waals surface area contributed by atoms with Gasteiger partial charge in [-0.25, -0.2) is 15.2 Å². The molecule has 0 radical (unpaired) electrons. The molecular weight excluding hydrogens is 346 g/mol. The van der Waals surface area contributed by atoms with Crippen LogP contribution >= 0.6 is 11.3 Å². The van der Waals surface area contributed by atoms with E-state index in [9.17, 15) is 14.4 Å². The van der Waals surface area contributed by atoms with Crippen LogP contribution in [-0.4, -0.2) is 29.5 Å². The minimum Gasteiger partial charge on any atom is -0.450 e. The number of rotatable bonds is 4. The number of nitrogens with one attached hydrogen (secondary N) is 4. The average molecular weight is 361 g/mol. The number of amides is 3. The van der Waals surface area contributed by atoms with E-state index < -0.39 is 18.0 Å². The van der Waals surface area contributed by atoms with Gasteiger partial charge in [-0.2, -0.15) is 0 Å². The number of fused-ring (bicyclic) bond motifs is 1. The lowest BCUT2D eigenvalue weighted by Crippen LogP contribution is -2.33. The maximum Gasteiger partial charge on any atom is 0.414 e. The van der Waals surface area contributed by atoms with Crippen molar-refractivity contribution in [2.75, 3.05) is 17.3 Å². The van der Waals surface area contributed by atoms with Gasteiger partial charge in [0, 0.05) is 11.8 Å². The van der Waals surface area contributed by atoms with E-state index >= 15 is 0 Å². The quantitative estimate of drug-likeness (QED) is 0.653. The van der Waals surface area contributed by atoms with E-state index in [1.165, 1.54) is 17.4 Å². The third kappa shape index (κ3) is 3.59. The highest BCUT2D eigenvalue weighted by atomic mass is 32.1. The molecule has 25 heavy (non-hydrogen) atoms. The number of thiophene rings is 1.